The molecule has 0 saturated carbocycles. The molecule has 0 saturated heterocycles. The summed E-state index contributed by atoms with van der Waals surface area (Å²) in [7, 11) is 1.81. The van der Waals surface area contributed by atoms with Gasteiger partial charge in [-0.1, -0.05) is 25.8 Å². The molecule has 2 N–H and O–H groups in total. The molecule has 1 aromatic rings. The average molecular weight is 367 g/mol. The van der Waals surface area contributed by atoms with Crippen LogP contribution in [0.15, 0.2) is 22.5 Å². The van der Waals surface area contributed by atoms with Crippen LogP contribution in [0.5, 0.6) is 0 Å². The van der Waals surface area contributed by atoms with Gasteiger partial charge in [-0.3, -0.25) is 4.99 Å². The summed E-state index contributed by atoms with van der Waals surface area (Å²) >= 11 is 1.76. The average Bonchev–Trinajstić information content (AvgIpc) is 2.81. The predicted molar refractivity (Wildman–Crippen MR) is 87.5 cm³/mol. The molecular formula is C12H22IN3S. The van der Waals surface area contributed by atoms with Crippen molar-refractivity contribution in [2.45, 2.75) is 32.7 Å². The van der Waals surface area contributed by atoms with Gasteiger partial charge in [0.2, 0.25) is 0 Å². The lowest BCUT2D eigenvalue weighted by Crippen LogP contribution is -2.37. The Morgan fingerprint density at radius 2 is 2.18 bits per heavy atom. The number of nitrogens with one attached hydrogen (secondary N) is 2. The predicted octanol–water partition coefficient (Wildman–Crippen LogP) is 3.22. The summed E-state index contributed by atoms with van der Waals surface area (Å²) in [5.74, 6) is 0.893. The second kappa shape index (κ2) is 10.8. The Morgan fingerprint density at radius 3 is 2.76 bits per heavy atom. The van der Waals surface area contributed by atoms with Crippen LogP contribution in [0.2, 0.25) is 0 Å². The molecule has 0 aliphatic heterocycles. The second-order valence-electron chi connectivity index (χ2n) is 3.64. The molecule has 0 amide bonds. The molecule has 3 nitrogen and oxygen atoms in total. The van der Waals surface area contributed by atoms with Crippen molar-refractivity contribution in [3.63, 3.8) is 0 Å². The van der Waals surface area contributed by atoms with Crippen molar-refractivity contribution in [2.24, 2.45) is 4.99 Å². The van der Waals surface area contributed by atoms with Crippen LogP contribution < -0.4 is 10.6 Å². The number of hydrogen-bond donors (Lipinski definition) is 2. The van der Waals surface area contributed by atoms with Gasteiger partial charge in [0.15, 0.2) is 5.96 Å². The summed E-state index contributed by atoms with van der Waals surface area (Å²) in [6.07, 6.45) is 3.73. The lowest BCUT2D eigenvalue weighted by molar-refractivity contribution is 0.683. The van der Waals surface area contributed by atoms with Crippen molar-refractivity contribution < 1.29 is 0 Å². The zero-order valence-electron chi connectivity index (χ0n) is 10.5. The van der Waals surface area contributed by atoms with Crippen molar-refractivity contribution in [3.05, 3.63) is 22.4 Å². The first-order valence-electron chi connectivity index (χ1n) is 5.83. The quantitative estimate of drug-likeness (QED) is 0.351. The minimum atomic E-state index is 0. The maximum absolute atomic E-state index is 4.18. The summed E-state index contributed by atoms with van der Waals surface area (Å²) < 4.78 is 0. The summed E-state index contributed by atoms with van der Waals surface area (Å²) in [4.78, 5) is 5.51. The van der Waals surface area contributed by atoms with Crippen LogP contribution in [0.4, 0.5) is 0 Å². The van der Waals surface area contributed by atoms with E-state index < -0.39 is 0 Å². The molecule has 0 spiro atoms. The van der Waals surface area contributed by atoms with Gasteiger partial charge in [0.1, 0.15) is 0 Å². The van der Waals surface area contributed by atoms with Crippen molar-refractivity contribution in [1.82, 2.24) is 10.6 Å². The number of nitrogens with zero attached hydrogens (tertiary/aromatic N) is 1. The van der Waals surface area contributed by atoms with Crippen LogP contribution >= 0.6 is 35.3 Å². The summed E-state index contributed by atoms with van der Waals surface area (Å²) in [5.41, 5.74) is 0. The SMILES string of the molecule is CCCCCNC(=NC)NCc1cccs1.I. The normalized spacial score (nSPS) is 10.8. The lowest BCUT2D eigenvalue weighted by atomic mass is 10.2. The van der Waals surface area contributed by atoms with E-state index in [1.165, 1.54) is 24.1 Å². The number of rotatable bonds is 6. The summed E-state index contributed by atoms with van der Waals surface area (Å²) in [6.45, 7) is 4.06. The molecule has 0 aliphatic rings. The van der Waals surface area contributed by atoms with Gasteiger partial charge in [0.25, 0.3) is 0 Å². The van der Waals surface area contributed by atoms with Crippen LogP contribution in [0.25, 0.3) is 0 Å². The third-order valence-electron chi connectivity index (χ3n) is 2.31. The molecule has 0 fully saturated rings. The Labute approximate surface area is 125 Å². The fourth-order valence-electron chi connectivity index (χ4n) is 1.39. The highest BCUT2D eigenvalue weighted by Crippen LogP contribution is 2.06. The Bertz CT molecular complexity index is 299. The van der Waals surface area contributed by atoms with Crippen LogP contribution in [0.1, 0.15) is 31.1 Å². The molecular weight excluding hydrogens is 345 g/mol. The fraction of sp³-hybridized carbons (Fsp3) is 0.583. The number of thiophene rings is 1. The van der Waals surface area contributed by atoms with Crippen molar-refractivity contribution in [2.75, 3.05) is 13.6 Å². The van der Waals surface area contributed by atoms with E-state index in [0.29, 0.717) is 0 Å². The van der Waals surface area contributed by atoms with Crippen molar-refractivity contribution in [1.29, 1.82) is 0 Å². The minimum Gasteiger partial charge on any atom is -0.356 e. The molecule has 98 valence electrons. The molecule has 1 aromatic heterocycles. The van der Waals surface area contributed by atoms with E-state index in [4.69, 9.17) is 0 Å². The van der Waals surface area contributed by atoms with Crippen molar-refractivity contribution >= 4 is 41.3 Å². The Morgan fingerprint density at radius 1 is 1.35 bits per heavy atom. The first-order valence-corrected chi connectivity index (χ1v) is 6.71. The van der Waals surface area contributed by atoms with E-state index in [9.17, 15) is 0 Å². The molecule has 17 heavy (non-hydrogen) atoms. The van der Waals surface area contributed by atoms with Crippen LogP contribution in [-0.4, -0.2) is 19.6 Å². The molecule has 0 bridgehead atoms. The van der Waals surface area contributed by atoms with Gasteiger partial charge < -0.3 is 10.6 Å². The van der Waals surface area contributed by atoms with Gasteiger partial charge in [-0.2, -0.15) is 0 Å². The van der Waals surface area contributed by atoms with Gasteiger partial charge in [0, 0.05) is 18.5 Å². The number of hydrogen-bond acceptors (Lipinski definition) is 2. The molecule has 1 rings (SSSR count). The highest BCUT2D eigenvalue weighted by Gasteiger charge is 1.97. The topological polar surface area (TPSA) is 36.4 Å². The number of aliphatic imine (C=N–C) groups is 1. The van der Waals surface area contributed by atoms with Crippen LogP contribution in [-0.2, 0) is 6.54 Å². The number of guanidine groups is 1. The lowest BCUT2D eigenvalue weighted by Gasteiger charge is -2.10. The van der Waals surface area contributed by atoms with E-state index in [-0.39, 0.29) is 24.0 Å². The Hall–Kier alpha value is -0.300. The van der Waals surface area contributed by atoms with Crippen molar-refractivity contribution in [3.8, 4) is 0 Å². The fourth-order valence-corrected chi connectivity index (χ4v) is 2.03. The molecule has 0 aromatic carbocycles. The van der Waals surface area contributed by atoms with E-state index in [1.54, 1.807) is 11.3 Å². The molecule has 0 unspecified atom stereocenters. The van der Waals surface area contributed by atoms with Crippen LogP contribution in [0, 0.1) is 0 Å². The van der Waals surface area contributed by atoms with Gasteiger partial charge in [0.05, 0.1) is 6.54 Å². The third kappa shape index (κ3) is 7.59. The zero-order chi connectivity index (χ0) is 11.6. The monoisotopic (exact) mass is 367 g/mol. The first-order chi connectivity index (χ1) is 7.86. The molecule has 5 heteroatoms. The Balaban J connectivity index is 0.00000256. The third-order valence-corrected chi connectivity index (χ3v) is 3.18. The smallest absolute Gasteiger partial charge is 0.191 e. The van der Waals surface area contributed by atoms with Crippen LogP contribution in [0.3, 0.4) is 0 Å². The largest absolute Gasteiger partial charge is 0.356 e. The van der Waals surface area contributed by atoms with E-state index in [0.717, 1.165) is 19.0 Å². The second-order valence-corrected chi connectivity index (χ2v) is 4.67. The maximum Gasteiger partial charge on any atom is 0.191 e. The molecule has 0 atom stereocenters. The first kappa shape index (κ1) is 16.7. The maximum atomic E-state index is 4.18. The van der Waals surface area contributed by atoms with Gasteiger partial charge >= 0.3 is 0 Å². The highest BCUT2D eigenvalue weighted by atomic mass is 127. The highest BCUT2D eigenvalue weighted by molar-refractivity contribution is 14.0. The zero-order valence-corrected chi connectivity index (χ0v) is 13.7. The van der Waals surface area contributed by atoms with Gasteiger partial charge in [-0.25, -0.2) is 0 Å². The molecule has 0 aliphatic carbocycles. The van der Waals surface area contributed by atoms with E-state index in [1.807, 2.05) is 7.05 Å². The summed E-state index contributed by atoms with van der Waals surface area (Å²) in [5, 5.41) is 8.70. The van der Waals surface area contributed by atoms with Gasteiger partial charge in [-0.05, 0) is 17.9 Å². The summed E-state index contributed by atoms with van der Waals surface area (Å²) in [6, 6.07) is 4.20. The standard InChI is InChI=1S/C12H21N3S.HI/c1-3-4-5-8-14-12(13-2)15-10-11-7-6-9-16-11;/h6-7,9H,3-5,8,10H2,1-2H3,(H2,13,14,15);1H. The van der Waals surface area contributed by atoms with Gasteiger partial charge in [-0.15, -0.1) is 35.3 Å². The molecule has 0 radical (unpaired) electrons. The minimum absolute atomic E-state index is 0. The number of unbranched alkanes of at least 4 members (excludes halogenated alkanes) is 2. The molecule has 1 heterocycles. The van der Waals surface area contributed by atoms with E-state index in [2.05, 4.69) is 40.1 Å². The number of halogens is 1. The van der Waals surface area contributed by atoms with E-state index >= 15 is 0 Å². The Kier molecular flexibility index (Phi) is 10.6.